The summed E-state index contributed by atoms with van der Waals surface area (Å²) >= 11 is 0. The minimum atomic E-state index is -0.739. The summed E-state index contributed by atoms with van der Waals surface area (Å²) in [6.07, 6.45) is 0. The molecule has 0 spiro atoms. The number of fused-ring (bicyclic) bond motifs is 1. The number of H-pyrrole nitrogens is 1. The van der Waals surface area contributed by atoms with Crippen LogP contribution in [0.2, 0.25) is 0 Å². The Balaban J connectivity index is 2.30. The Morgan fingerprint density at radius 2 is 1.95 bits per heavy atom. The van der Waals surface area contributed by atoms with Gasteiger partial charge in [0.05, 0.1) is 6.54 Å². The molecular weight excluding hydrogens is 290 g/mol. The van der Waals surface area contributed by atoms with Crippen LogP contribution in [0.1, 0.15) is 5.56 Å². The van der Waals surface area contributed by atoms with Crippen molar-refractivity contribution in [3.05, 3.63) is 66.8 Å². The second-order valence-electron chi connectivity index (χ2n) is 4.73. The molecule has 0 aliphatic rings. The fourth-order valence-electron chi connectivity index (χ4n) is 2.22. The van der Waals surface area contributed by atoms with Gasteiger partial charge in [-0.25, -0.2) is 9.78 Å². The Labute approximate surface area is 122 Å². The molecule has 0 bridgehead atoms. The molecule has 0 unspecified atom stereocenters. The molecule has 0 saturated carbocycles. The molecule has 3 rings (SSSR count). The predicted octanol–water partition coefficient (Wildman–Crippen LogP) is 0.380. The molecule has 0 saturated heterocycles. The summed E-state index contributed by atoms with van der Waals surface area (Å²) in [5, 5.41) is 10.8. The molecule has 9 heteroatoms. The number of aromatic amines is 1. The number of hydrogen-bond acceptors (Lipinski definition) is 5. The molecule has 9 nitrogen and oxygen atoms in total. The van der Waals surface area contributed by atoms with Crippen LogP contribution >= 0.6 is 0 Å². The predicted molar refractivity (Wildman–Crippen MR) is 77.8 cm³/mol. The molecule has 0 aliphatic carbocycles. The molecule has 22 heavy (non-hydrogen) atoms. The number of hydrogen-bond donors (Lipinski definition) is 1. The lowest BCUT2D eigenvalue weighted by atomic mass is 10.2. The van der Waals surface area contributed by atoms with Crippen molar-refractivity contribution in [3.8, 4) is 0 Å². The Bertz CT molecular complexity index is 983. The number of benzene rings is 1. The van der Waals surface area contributed by atoms with Gasteiger partial charge in [0.25, 0.3) is 11.2 Å². The Morgan fingerprint density at radius 1 is 1.27 bits per heavy atom. The van der Waals surface area contributed by atoms with Crippen LogP contribution in [0.15, 0.2) is 39.9 Å². The van der Waals surface area contributed by atoms with E-state index in [-0.39, 0.29) is 17.7 Å². The normalized spacial score (nSPS) is 11.0. The van der Waals surface area contributed by atoms with Gasteiger partial charge in [-0.05, 0) is 15.5 Å². The molecule has 3 aromatic rings. The highest BCUT2D eigenvalue weighted by Crippen LogP contribution is 2.12. The number of rotatable bonds is 3. The Kier molecular flexibility index (Phi) is 3.09. The van der Waals surface area contributed by atoms with Crippen LogP contribution in [0.25, 0.3) is 11.2 Å². The summed E-state index contributed by atoms with van der Waals surface area (Å²) in [4.78, 5) is 40.6. The maximum atomic E-state index is 12.3. The molecule has 112 valence electrons. The molecular formula is C13H11N5O4. The van der Waals surface area contributed by atoms with E-state index in [1.54, 1.807) is 0 Å². The molecule has 1 N–H and O–H groups in total. The molecule has 0 aliphatic heterocycles. The molecule has 2 aromatic heterocycles. The standard InChI is InChI=1S/C13H11N5O4/c1-16-11(19)9-10(15-12(14-9)18(21)22)17(13(16)20)7-8-5-3-2-4-6-8/h2-6H,7H2,1H3,(H,14,15). The first-order chi connectivity index (χ1) is 10.5. The van der Waals surface area contributed by atoms with Gasteiger partial charge in [0.2, 0.25) is 5.52 Å². The lowest BCUT2D eigenvalue weighted by Gasteiger charge is -2.06. The Morgan fingerprint density at radius 3 is 2.59 bits per heavy atom. The van der Waals surface area contributed by atoms with E-state index in [4.69, 9.17) is 0 Å². The molecule has 0 radical (unpaired) electrons. The minimum Gasteiger partial charge on any atom is -0.390 e. The SMILES string of the molecule is Cn1c(=O)c2[nH]c([N+](=O)[O-])nc2n(Cc2ccccc2)c1=O. The zero-order valence-electron chi connectivity index (χ0n) is 11.5. The molecule has 1 aromatic carbocycles. The Hall–Kier alpha value is -3.23. The smallest absolute Gasteiger partial charge is 0.390 e. The van der Waals surface area contributed by atoms with E-state index in [0.29, 0.717) is 0 Å². The van der Waals surface area contributed by atoms with Crippen molar-refractivity contribution in [1.29, 1.82) is 0 Å². The lowest BCUT2D eigenvalue weighted by Crippen LogP contribution is -2.38. The summed E-state index contributed by atoms with van der Waals surface area (Å²) in [7, 11) is 1.32. The summed E-state index contributed by atoms with van der Waals surface area (Å²) in [5.41, 5.74) is -0.503. The molecule has 2 heterocycles. The minimum absolute atomic E-state index is 0.0244. The van der Waals surface area contributed by atoms with Crippen molar-refractivity contribution in [2.45, 2.75) is 6.54 Å². The summed E-state index contributed by atoms with van der Waals surface area (Å²) in [6.45, 7) is 0.159. The van der Waals surface area contributed by atoms with Crippen LogP contribution in [0.4, 0.5) is 5.95 Å². The first-order valence-electron chi connectivity index (χ1n) is 6.37. The first-order valence-corrected chi connectivity index (χ1v) is 6.37. The van der Waals surface area contributed by atoms with E-state index < -0.39 is 22.1 Å². The highest BCUT2D eigenvalue weighted by molar-refractivity contribution is 5.71. The zero-order valence-corrected chi connectivity index (χ0v) is 11.5. The number of imidazole rings is 1. The van der Waals surface area contributed by atoms with Crippen molar-refractivity contribution in [3.63, 3.8) is 0 Å². The van der Waals surface area contributed by atoms with E-state index in [1.807, 2.05) is 30.3 Å². The highest BCUT2D eigenvalue weighted by Gasteiger charge is 2.22. The average molecular weight is 301 g/mol. The number of aromatic nitrogens is 4. The van der Waals surface area contributed by atoms with Gasteiger partial charge in [-0.2, -0.15) is 0 Å². The fourth-order valence-corrected chi connectivity index (χ4v) is 2.22. The number of nitrogens with one attached hydrogen (secondary N) is 1. The van der Waals surface area contributed by atoms with Crippen LogP contribution in [0, 0.1) is 10.1 Å². The highest BCUT2D eigenvalue weighted by atomic mass is 16.6. The zero-order chi connectivity index (χ0) is 15.9. The quantitative estimate of drug-likeness (QED) is 0.554. The van der Waals surface area contributed by atoms with Gasteiger partial charge >= 0.3 is 11.6 Å². The van der Waals surface area contributed by atoms with Crippen LogP contribution < -0.4 is 11.2 Å². The third kappa shape index (κ3) is 2.08. The molecule has 0 amide bonds. The maximum Gasteiger partial charge on any atom is 0.435 e. The van der Waals surface area contributed by atoms with Gasteiger partial charge in [0.15, 0.2) is 0 Å². The van der Waals surface area contributed by atoms with Crippen LogP contribution in [0.5, 0.6) is 0 Å². The lowest BCUT2D eigenvalue weighted by molar-refractivity contribution is -0.393. The third-order valence-corrected chi connectivity index (χ3v) is 3.32. The number of nitrogens with zero attached hydrogens (tertiary/aromatic N) is 4. The van der Waals surface area contributed by atoms with Gasteiger partial charge in [-0.3, -0.25) is 13.9 Å². The van der Waals surface area contributed by atoms with E-state index in [9.17, 15) is 19.7 Å². The maximum absolute atomic E-state index is 12.3. The average Bonchev–Trinajstić information content (AvgIpc) is 2.96. The van der Waals surface area contributed by atoms with Crippen LogP contribution in [-0.2, 0) is 13.6 Å². The van der Waals surface area contributed by atoms with Crippen LogP contribution in [-0.4, -0.2) is 24.0 Å². The van der Waals surface area contributed by atoms with Gasteiger partial charge in [0, 0.05) is 7.05 Å². The second-order valence-corrected chi connectivity index (χ2v) is 4.73. The first kappa shape index (κ1) is 13.7. The summed E-state index contributed by atoms with van der Waals surface area (Å²) < 4.78 is 2.13. The molecule has 0 atom stereocenters. The second kappa shape index (κ2) is 4.95. The van der Waals surface area contributed by atoms with E-state index in [2.05, 4.69) is 9.97 Å². The van der Waals surface area contributed by atoms with Crippen molar-refractivity contribution in [1.82, 2.24) is 19.1 Å². The van der Waals surface area contributed by atoms with Crippen molar-refractivity contribution in [2.24, 2.45) is 7.05 Å². The summed E-state index contributed by atoms with van der Waals surface area (Å²) in [6, 6.07) is 9.08. The van der Waals surface area contributed by atoms with Gasteiger partial charge in [-0.15, -0.1) is 0 Å². The largest absolute Gasteiger partial charge is 0.435 e. The van der Waals surface area contributed by atoms with Crippen LogP contribution in [0.3, 0.4) is 0 Å². The van der Waals surface area contributed by atoms with E-state index >= 15 is 0 Å². The van der Waals surface area contributed by atoms with Gasteiger partial charge in [0.1, 0.15) is 0 Å². The summed E-state index contributed by atoms with van der Waals surface area (Å²) in [5.74, 6) is -0.570. The molecule has 0 fully saturated rings. The van der Waals surface area contributed by atoms with Gasteiger partial charge < -0.3 is 10.1 Å². The van der Waals surface area contributed by atoms with Crippen molar-refractivity contribution < 1.29 is 4.92 Å². The van der Waals surface area contributed by atoms with E-state index in [0.717, 1.165) is 10.1 Å². The third-order valence-electron chi connectivity index (χ3n) is 3.32. The van der Waals surface area contributed by atoms with Crippen molar-refractivity contribution >= 4 is 17.1 Å². The van der Waals surface area contributed by atoms with Crippen molar-refractivity contribution in [2.75, 3.05) is 0 Å². The number of nitro groups is 1. The van der Waals surface area contributed by atoms with Gasteiger partial charge in [-0.1, -0.05) is 30.3 Å². The topological polar surface area (TPSA) is 116 Å². The fraction of sp³-hybridized carbons (Fsp3) is 0.154. The van der Waals surface area contributed by atoms with E-state index in [1.165, 1.54) is 11.6 Å². The monoisotopic (exact) mass is 301 g/mol.